The fraction of sp³-hybridized carbons (Fsp3) is 0.700. The van der Waals surface area contributed by atoms with E-state index in [9.17, 15) is 0 Å². The molecule has 0 radical (unpaired) electrons. The second kappa shape index (κ2) is 3.92. The molecule has 13 heavy (non-hydrogen) atoms. The predicted octanol–water partition coefficient (Wildman–Crippen LogP) is 1.79. The first-order chi connectivity index (χ1) is 6.02. The lowest BCUT2D eigenvalue weighted by atomic mass is 10.1. The van der Waals surface area contributed by atoms with Gasteiger partial charge in [-0.15, -0.1) is 0 Å². The Morgan fingerprint density at radius 1 is 1.38 bits per heavy atom. The van der Waals surface area contributed by atoms with Crippen molar-refractivity contribution in [2.45, 2.75) is 39.8 Å². The van der Waals surface area contributed by atoms with Crippen LogP contribution in [0.3, 0.4) is 0 Å². The molecular weight excluding hydrogens is 162 g/mol. The van der Waals surface area contributed by atoms with E-state index >= 15 is 0 Å². The van der Waals surface area contributed by atoms with Crippen LogP contribution in [0.25, 0.3) is 0 Å². The van der Waals surface area contributed by atoms with Gasteiger partial charge in [-0.3, -0.25) is 4.68 Å². The van der Waals surface area contributed by atoms with Gasteiger partial charge in [0.25, 0.3) is 0 Å². The molecule has 1 aromatic rings. The molecule has 3 nitrogen and oxygen atoms in total. The Morgan fingerprint density at radius 2 is 2.00 bits per heavy atom. The molecule has 0 aliphatic carbocycles. The van der Waals surface area contributed by atoms with Gasteiger partial charge in [0.1, 0.15) is 0 Å². The number of hydrogen-bond donors (Lipinski definition) is 1. The van der Waals surface area contributed by atoms with Crippen molar-refractivity contribution in [1.29, 1.82) is 0 Å². The summed E-state index contributed by atoms with van der Waals surface area (Å²) in [5, 5.41) is 7.68. The Hall–Kier alpha value is -0.830. The zero-order chi connectivity index (χ0) is 10.0. The summed E-state index contributed by atoms with van der Waals surface area (Å²) in [5.41, 5.74) is 2.52. The van der Waals surface area contributed by atoms with Gasteiger partial charge < -0.3 is 5.32 Å². The molecule has 0 spiro atoms. The zero-order valence-electron chi connectivity index (χ0n) is 9.13. The van der Waals surface area contributed by atoms with Crippen LogP contribution in [0.2, 0.25) is 0 Å². The van der Waals surface area contributed by atoms with Crippen molar-refractivity contribution >= 4 is 0 Å². The Bertz CT molecular complexity index is 276. The maximum atomic E-state index is 4.22. The van der Waals surface area contributed by atoms with Crippen molar-refractivity contribution in [3.8, 4) is 0 Å². The van der Waals surface area contributed by atoms with Gasteiger partial charge in [0.05, 0.1) is 6.20 Å². The standard InChI is InChI=1S/C10H19N3/c1-7(2)12-8(3)10-6-11-13(5)9(10)4/h6-8,12H,1-5H3. The molecule has 1 unspecified atom stereocenters. The monoisotopic (exact) mass is 181 g/mol. The maximum Gasteiger partial charge on any atom is 0.0540 e. The minimum Gasteiger partial charge on any atom is -0.308 e. The Kier molecular flexibility index (Phi) is 3.09. The third kappa shape index (κ3) is 2.31. The molecule has 1 atom stereocenters. The number of rotatable bonds is 3. The number of aryl methyl sites for hydroxylation is 1. The summed E-state index contributed by atoms with van der Waals surface area (Å²) >= 11 is 0. The minimum absolute atomic E-state index is 0.383. The van der Waals surface area contributed by atoms with Gasteiger partial charge in [0.15, 0.2) is 0 Å². The van der Waals surface area contributed by atoms with Crippen LogP contribution >= 0.6 is 0 Å². The molecule has 3 heteroatoms. The van der Waals surface area contributed by atoms with Gasteiger partial charge in [0.2, 0.25) is 0 Å². The molecule has 0 aliphatic heterocycles. The first-order valence-electron chi connectivity index (χ1n) is 4.77. The summed E-state index contributed by atoms with van der Waals surface area (Å²) in [6.07, 6.45) is 1.94. The fourth-order valence-corrected chi connectivity index (χ4v) is 1.53. The molecule has 0 saturated carbocycles. The Morgan fingerprint density at radius 3 is 2.38 bits per heavy atom. The second-order valence-electron chi connectivity index (χ2n) is 3.85. The Balaban J connectivity index is 2.76. The lowest BCUT2D eigenvalue weighted by Gasteiger charge is -2.16. The summed E-state index contributed by atoms with van der Waals surface area (Å²) in [4.78, 5) is 0. The lowest BCUT2D eigenvalue weighted by Crippen LogP contribution is -2.26. The summed E-state index contributed by atoms with van der Waals surface area (Å²) in [5.74, 6) is 0. The first-order valence-corrected chi connectivity index (χ1v) is 4.77. The highest BCUT2D eigenvalue weighted by Crippen LogP contribution is 2.16. The van der Waals surface area contributed by atoms with E-state index < -0.39 is 0 Å². The number of aromatic nitrogens is 2. The SMILES string of the molecule is Cc1c(C(C)NC(C)C)cnn1C. The third-order valence-corrected chi connectivity index (χ3v) is 2.32. The molecule has 0 aromatic carbocycles. The van der Waals surface area contributed by atoms with E-state index in [2.05, 4.69) is 38.1 Å². The van der Waals surface area contributed by atoms with Crippen LogP contribution in [0.4, 0.5) is 0 Å². The number of nitrogens with one attached hydrogen (secondary N) is 1. The summed E-state index contributed by atoms with van der Waals surface area (Å²) in [7, 11) is 1.97. The van der Waals surface area contributed by atoms with Crippen LogP contribution in [0.5, 0.6) is 0 Å². The largest absolute Gasteiger partial charge is 0.308 e. The molecule has 1 rings (SSSR count). The van der Waals surface area contributed by atoms with Gasteiger partial charge in [-0.05, 0) is 13.8 Å². The van der Waals surface area contributed by atoms with Gasteiger partial charge in [-0.1, -0.05) is 13.8 Å². The van der Waals surface area contributed by atoms with Crippen LogP contribution in [-0.2, 0) is 7.05 Å². The zero-order valence-corrected chi connectivity index (χ0v) is 9.13. The molecule has 0 amide bonds. The molecule has 0 aliphatic rings. The average molecular weight is 181 g/mol. The van der Waals surface area contributed by atoms with Crippen molar-refractivity contribution in [3.05, 3.63) is 17.5 Å². The van der Waals surface area contributed by atoms with Gasteiger partial charge in [-0.25, -0.2) is 0 Å². The van der Waals surface area contributed by atoms with Crippen LogP contribution in [0.15, 0.2) is 6.20 Å². The molecule has 0 fully saturated rings. The van der Waals surface area contributed by atoms with Gasteiger partial charge in [-0.2, -0.15) is 5.10 Å². The lowest BCUT2D eigenvalue weighted by molar-refractivity contribution is 0.504. The smallest absolute Gasteiger partial charge is 0.0540 e. The fourth-order valence-electron chi connectivity index (χ4n) is 1.53. The van der Waals surface area contributed by atoms with E-state index in [1.54, 1.807) is 0 Å². The van der Waals surface area contributed by atoms with E-state index in [-0.39, 0.29) is 0 Å². The Labute approximate surface area is 80.1 Å². The quantitative estimate of drug-likeness (QED) is 0.770. The van der Waals surface area contributed by atoms with Crippen molar-refractivity contribution in [2.75, 3.05) is 0 Å². The highest BCUT2D eigenvalue weighted by Gasteiger charge is 2.11. The van der Waals surface area contributed by atoms with Crippen LogP contribution < -0.4 is 5.32 Å². The van der Waals surface area contributed by atoms with Gasteiger partial charge in [0, 0.05) is 30.4 Å². The summed E-state index contributed by atoms with van der Waals surface area (Å²) in [6.45, 7) is 8.58. The van der Waals surface area contributed by atoms with E-state index in [1.165, 1.54) is 11.3 Å². The molecule has 1 N–H and O–H groups in total. The molecule has 0 saturated heterocycles. The second-order valence-corrected chi connectivity index (χ2v) is 3.85. The maximum absolute atomic E-state index is 4.22. The minimum atomic E-state index is 0.383. The number of nitrogens with zero attached hydrogens (tertiary/aromatic N) is 2. The summed E-state index contributed by atoms with van der Waals surface area (Å²) in [6, 6.07) is 0.892. The first kappa shape index (κ1) is 10.3. The van der Waals surface area contributed by atoms with Gasteiger partial charge >= 0.3 is 0 Å². The van der Waals surface area contributed by atoms with E-state index in [1.807, 2.05) is 17.9 Å². The molecule has 74 valence electrons. The third-order valence-electron chi connectivity index (χ3n) is 2.32. The molecule has 0 bridgehead atoms. The van der Waals surface area contributed by atoms with E-state index in [4.69, 9.17) is 0 Å². The highest BCUT2D eigenvalue weighted by molar-refractivity contribution is 5.19. The van der Waals surface area contributed by atoms with Crippen molar-refractivity contribution in [1.82, 2.24) is 15.1 Å². The van der Waals surface area contributed by atoms with Crippen molar-refractivity contribution in [2.24, 2.45) is 7.05 Å². The molecular formula is C10H19N3. The topological polar surface area (TPSA) is 29.9 Å². The summed E-state index contributed by atoms with van der Waals surface area (Å²) < 4.78 is 1.91. The van der Waals surface area contributed by atoms with E-state index in [0.29, 0.717) is 12.1 Å². The average Bonchev–Trinajstić information content (AvgIpc) is 2.31. The molecule has 1 heterocycles. The predicted molar refractivity (Wildman–Crippen MR) is 54.6 cm³/mol. The highest BCUT2D eigenvalue weighted by atomic mass is 15.3. The van der Waals surface area contributed by atoms with Crippen LogP contribution in [0, 0.1) is 6.92 Å². The van der Waals surface area contributed by atoms with Crippen LogP contribution in [0.1, 0.15) is 38.1 Å². The molecule has 1 aromatic heterocycles. The number of hydrogen-bond acceptors (Lipinski definition) is 2. The van der Waals surface area contributed by atoms with Crippen molar-refractivity contribution < 1.29 is 0 Å². The van der Waals surface area contributed by atoms with Crippen molar-refractivity contribution in [3.63, 3.8) is 0 Å². The normalized spacial score (nSPS) is 13.7. The van der Waals surface area contributed by atoms with E-state index in [0.717, 1.165) is 0 Å². The van der Waals surface area contributed by atoms with Crippen LogP contribution in [-0.4, -0.2) is 15.8 Å².